The zero-order valence-electron chi connectivity index (χ0n) is 8.28. The molecule has 0 N–H and O–H groups in total. The van der Waals surface area contributed by atoms with Crippen molar-refractivity contribution in [3.63, 3.8) is 0 Å². The second-order valence-corrected chi connectivity index (χ2v) is 3.77. The van der Waals surface area contributed by atoms with Gasteiger partial charge >= 0.3 is 0 Å². The highest BCUT2D eigenvalue weighted by atomic mass is 15.2. The van der Waals surface area contributed by atoms with Crippen LogP contribution in [0, 0.1) is 6.92 Å². The maximum atomic E-state index is 4.20. The van der Waals surface area contributed by atoms with Crippen LogP contribution in [0.2, 0.25) is 0 Å². The summed E-state index contributed by atoms with van der Waals surface area (Å²) in [5, 5.41) is 4.20. The highest BCUT2D eigenvalue weighted by molar-refractivity contribution is 5.50. The Balaban J connectivity index is 2.69. The second-order valence-electron chi connectivity index (χ2n) is 3.77. The highest BCUT2D eigenvalue weighted by Gasteiger charge is 2.05. The molecule has 0 atom stereocenters. The van der Waals surface area contributed by atoms with Crippen LogP contribution in [-0.2, 0) is 0 Å². The predicted molar refractivity (Wildman–Crippen MR) is 54.0 cm³/mol. The summed E-state index contributed by atoms with van der Waals surface area (Å²) in [6, 6.07) is 4.25. The third-order valence-electron chi connectivity index (χ3n) is 2.40. The largest absolute Gasteiger partial charge is 0.241 e. The molecule has 0 spiro atoms. The highest BCUT2D eigenvalue weighted by Crippen LogP contribution is 2.20. The van der Waals surface area contributed by atoms with Gasteiger partial charge in [-0.05, 0) is 36.1 Å². The summed E-state index contributed by atoms with van der Waals surface area (Å²) in [5.41, 5.74) is 3.90. The Bertz CT molecular complexity index is 427. The zero-order valence-corrected chi connectivity index (χ0v) is 8.28. The molecule has 68 valence electrons. The molecule has 0 aliphatic rings. The van der Waals surface area contributed by atoms with E-state index >= 15 is 0 Å². The van der Waals surface area contributed by atoms with Gasteiger partial charge in [0.1, 0.15) is 0 Å². The van der Waals surface area contributed by atoms with E-state index in [9.17, 15) is 0 Å². The molecule has 0 unspecified atom stereocenters. The fraction of sp³-hybridized carbons (Fsp3) is 0.364. The summed E-state index contributed by atoms with van der Waals surface area (Å²) in [6.45, 7) is 6.57. The molecular formula is C11H14N2. The van der Waals surface area contributed by atoms with Crippen LogP contribution >= 0.6 is 0 Å². The van der Waals surface area contributed by atoms with Crippen LogP contribution in [0.4, 0.5) is 0 Å². The van der Waals surface area contributed by atoms with Crippen LogP contribution in [0.15, 0.2) is 24.5 Å². The first kappa shape index (κ1) is 8.30. The van der Waals surface area contributed by atoms with Gasteiger partial charge < -0.3 is 0 Å². The molecule has 0 aliphatic heterocycles. The van der Waals surface area contributed by atoms with E-state index in [1.807, 2.05) is 16.8 Å². The minimum atomic E-state index is 0.583. The van der Waals surface area contributed by atoms with Gasteiger partial charge in [-0.15, -0.1) is 0 Å². The van der Waals surface area contributed by atoms with E-state index in [-0.39, 0.29) is 0 Å². The summed E-state index contributed by atoms with van der Waals surface area (Å²) >= 11 is 0. The normalized spacial score (nSPS) is 11.4. The van der Waals surface area contributed by atoms with Crippen molar-refractivity contribution >= 4 is 5.52 Å². The first-order valence-electron chi connectivity index (χ1n) is 4.62. The predicted octanol–water partition coefficient (Wildman–Crippen LogP) is 2.77. The van der Waals surface area contributed by atoms with Crippen molar-refractivity contribution in [1.29, 1.82) is 0 Å². The van der Waals surface area contributed by atoms with Crippen LogP contribution in [0.3, 0.4) is 0 Å². The third kappa shape index (κ3) is 1.32. The Labute approximate surface area is 78.2 Å². The van der Waals surface area contributed by atoms with Crippen molar-refractivity contribution in [2.24, 2.45) is 0 Å². The number of hydrogen-bond donors (Lipinski definition) is 0. The van der Waals surface area contributed by atoms with E-state index in [4.69, 9.17) is 0 Å². The van der Waals surface area contributed by atoms with E-state index in [1.54, 1.807) is 0 Å². The fourth-order valence-corrected chi connectivity index (χ4v) is 1.70. The Morgan fingerprint density at radius 3 is 2.85 bits per heavy atom. The zero-order chi connectivity index (χ0) is 9.42. The maximum absolute atomic E-state index is 4.20. The molecule has 2 rings (SSSR count). The number of fused-ring (bicyclic) bond motifs is 1. The van der Waals surface area contributed by atoms with Gasteiger partial charge in [0, 0.05) is 12.4 Å². The average molecular weight is 174 g/mol. The molecule has 0 bridgehead atoms. The lowest BCUT2D eigenvalue weighted by atomic mass is 10.00. The lowest BCUT2D eigenvalue weighted by Crippen LogP contribution is -1.96. The van der Waals surface area contributed by atoms with Crippen molar-refractivity contribution < 1.29 is 0 Å². The number of hydrogen-bond acceptors (Lipinski definition) is 1. The molecule has 2 nitrogen and oxygen atoms in total. The Morgan fingerprint density at radius 1 is 1.38 bits per heavy atom. The van der Waals surface area contributed by atoms with Gasteiger partial charge in [-0.25, -0.2) is 4.52 Å². The van der Waals surface area contributed by atoms with Crippen molar-refractivity contribution in [3.8, 4) is 0 Å². The first-order chi connectivity index (χ1) is 6.18. The molecular weight excluding hydrogens is 160 g/mol. The molecule has 0 amide bonds. The molecule has 2 heteroatoms. The molecule has 13 heavy (non-hydrogen) atoms. The van der Waals surface area contributed by atoms with Crippen LogP contribution in [-0.4, -0.2) is 9.61 Å². The molecule has 2 heterocycles. The van der Waals surface area contributed by atoms with Crippen LogP contribution < -0.4 is 0 Å². The van der Waals surface area contributed by atoms with Crippen molar-refractivity contribution in [2.45, 2.75) is 26.7 Å². The Morgan fingerprint density at radius 2 is 2.15 bits per heavy atom. The van der Waals surface area contributed by atoms with E-state index in [0.29, 0.717) is 5.92 Å². The quantitative estimate of drug-likeness (QED) is 0.649. The number of aryl methyl sites for hydroxylation is 1. The minimum Gasteiger partial charge on any atom is -0.241 e. The van der Waals surface area contributed by atoms with E-state index in [1.165, 1.54) is 16.6 Å². The van der Waals surface area contributed by atoms with E-state index in [2.05, 4.69) is 38.1 Å². The molecule has 0 saturated heterocycles. The Hall–Kier alpha value is -1.31. The van der Waals surface area contributed by atoms with Crippen molar-refractivity contribution in [3.05, 3.63) is 35.7 Å². The molecule has 0 radical (unpaired) electrons. The smallest absolute Gasteiger partial charge is 0.0664 e. The minimum absolute atomic E-state index is 0.583. The monoisotopic (exact) mass is 174 g/mol. The van der Waals surface area contributed by atoms with Gasteiger partial charge in [-0.2, -0.15) is 5.10 Å². The lowest BCUT2D eigenvalue weighted by Gasteiger charge is -2.09. The number of nitrogens with zero attached hydrogens (tertiary/aromatic N) is 2. The number of aromatic nitrogens is 2. The van der Waals surface area contributed by atoms with Gasteiger partial charge in [0.2, 0.25) is 0 Å². The van der Waals surface area contributed by atoms with Crippen LogP contribution in [0.25, 0.3) is 5.52 Å². The lowest BCUT2D eigenvalue weighted by molar-refractivity contribution is 0.842. The standard InChI is InChI=1S/C11H14N2/c1-8(2)11-6-10-4-5-12-13(10)7-9(11)3/h4-8H,1-3H3. The summed E-state index contributed by atoms with van der Waals surface area (Å²) < 4.78 is 1.92. The van der Waals surface area contributed by atoms with E-state index in [0.717, 1.165) is 0 Å². The molecule has 0 aromatic carbocycles. The molecule has 0 saturated carbocycles. The number of rotatable bonds is 1. The van der Waals surface area contributed by atoms with Gasteiger partial charge in [0.15, 0.2) is 0 Å². The van der Waals surface area contributed by atoms with Gasteiger partial charge in [-0.3, -0.25) is 0 Å². The van der Waals surface area contributed by atoms with Crippen LogP contribution in [0.1, 0.15) is 30.9 Å². The van der Waals surface area contributed by atoms with Gasteiger partial charge in [-0.1, -0.05) is 13.8 Å². The Kier molecular flexibility index (Phi) is 1.83. The molecule has 0 fully saturated rings. The topological polar surface area (TPSA) is 17.3 Å². The van der Waals surface area contributed by atoms with Crippen LogP contribution in [0.5, 0.6) is 0 Å². The van der Waals surface area contributed by atoms with Crippen molar-refractivity contribution in [1.82, 2.24) is 9.61 Å². The third-order valence-corrected chi connectivity index (χ3v) is 2.40. The summed E-state index contributed by atoms with van der Waals surface area (Å²) in [5.74, 6) is 0.583. The second kappa shape index (κ2) is 2.87. The van der Waals surface area contributed by atoms with Crippen molar-refractivity contribution in [2.75, 3.05) is 0 Å². The average Bonchev–Trinajstić information content (AvgIpc) is 2.48. The summed E-state index contributed by atoms with van der Waals surface area (Å²) in [6.07, 6.45) is 3.92. The molecule has 0 aliphatic carbocycles. The van der Waals surface area contributed by atoms with Gasteiger partial charge in [0.05, 0.1) is 5.52 Å². The fourth-order valence-electron chi connectivity index (χ4n) is 1.70. The SMILES string of the molecule is Cc1cn2nccc2cc1C(C)C. The number of pyridine rings is 1. The van der Waals surface area contributed by atoms with E-state index < -0.39 is 0 Å². The molecule has 2 aromatic rings. The maximum Gasteiger partial charge on any atom is 0.0664 e. The molecule has 2 aromatic heterocycles. The van der Waals surface area contributed by atoms with Gasteiger partial charge in [0.25, 0.3) is 0 Å². The summed E-state index contributed by atoms with van der Waals surface area (Å²) in [7, 11) is 0. The first-order valence-corrected chi connectivity index (χ1v) is 4.62. The summed E-state index contributed by atoms with van der Waals surface area (Å²) in [4.78, 5) is 0.